The third kappa shape index (κ3) is 6.04. The van der Waals surface area contributed by atoms with Gasteiger partial charge in [-0.15, -0.1) is 0 Å². The lowest BCUT2D eigenvalue weighted by atomic mass is 9.87. The molecule has 1 fully saturated rings. The second-order valence-electron chi connectivity index (χ2n) is 8.77. The summed E-state index contributed by atoms with van der Waals surface area (Å²) in [6.45, 7) is 12.7. The van der Waals surface area contributed by atoms with Crippen LogP contribution in [-0.4, -0.2) is 59.5 Å². The number of carbonyl (C=O) groups excluding carboxylic acids is 1. The smallest absolute Gasteiger partial charge is 0.263 e. The Kier molecular flexibility index (Phi) is 6.91. The normalized spacial score (nSPS) is 16.5. The summed E-state index contributed by atoms with van der Waals surface area (Å²) in [5.41, 5.74) is 2.48. The number of carbonyl (C=O) groups is 1. The molecule has 1 amide bonds. The molecule has 1 aliphatic rings. The van der Waals surface area contributed by atoms with Gasteiger partial charge in [0.05, 0.1) is 0 Å². The highest BCUT2D eigenvalue weighted by Gasteiger charge is 2.26. The Labute approximate surface area is 174 Å². The zero-order valence-corrected chi connectivity index (χ0v) is 18.1. The van der Waals surface area contributed by atoms with E-state index in [1.54, 1.807) is 0 Å². The fourth-order valence-electron chi connectivity index (χ4n) is 3.56. The van der Waals surface area contributed by atoms with Crippen LogP contribution in [0.15, 0.2) is 48.7 Å². The van der Waals surface area contributed by atoms with Gasteiger partial charge in [0.15, 0.2) is 6.10 Å². The average molecular weight is 396 g/mol. The molecule has 0 bridgehead atoms. The summed E-state index contributed by atoms with van der Waals surface area (Å²) >= 11 is 0. The van der Waals surface area contributed by atoms with Crippen molar-refractivity contribution in [3.63, 3.8) is 0 Å². The molecule has 0 aliphatic carbocycles. The maximum atomic E-state index is 12.8. The number of hydrogen-bond donors (Lipinski definition) is 0. The zero-order valence-electron chi connectivity index (χ0n) is 18.1. The van der Waals surface area contributed by atoms with Gasteiger partial charge in [0.25, 0.3) is 5.91 Å². The molecule has 0 N–H and O–H groups in total. The van der Waals surface area contributed by atoms with Gasteiger partial charge in [-0.1, -0.05) is 39.0 Å². The molecule has 1 aliphatic heterocycles. The van der Waals surface area contributed by atoms with Crippen molar-refractivity contribution in [1.82, 2.24) is 14.8 Å². The SMILES string of the molecule is C[C@H](Oc1ccc(C(C)(C)C)cc1)C(=O)N1CCN(CCc2ccccn2)CC1. The molecule has 0 saturated carbocycles. The zero-order chi connectivity index (χ0) is 20.9. The molecule has 0 spiro atoms. The van der Waals surface area contributed by atoms with Crippen molar-refractivity contribution in [2.75, 3.05) is 32.7 Å². The molecule has 0 radical (unpaired) electrons. The van der Waals surface area contributed by atoms with Crippen molar-refractivity contribution in [3.05, 3.63) is 59.9 Å². The maximum Gasteiger partial charge on any atom is 0.263 e. The molecule has 29 heavy (non-hydrogen) atoms. The van der Waals surface area contributed by atoms with E-state index in [4.69, 9.17) is 4.74 Å². The van der Waals surface area contributed by atoms with Crippen molar-refractivity contribution in [3.8, 4) is 5.75 Å². The molecule has 5 heteroatoms. The topological polar surface area (TPSA) is 45.7 Å². The van der Waals surface area contributed by atoms with E-state index in [-0.39, 0.29) is 11.3 Å². The molecule has 2 aromatic rings. The van der Waals surface area contributed by atoms with E-state index in [1.807, 2.05) is 42.3 Å². The van der Waals surface area contributed by atoms with Gasteiger partial charge in [0.1, 0.15) is 5.75 Å². The molecule has 1 aromatic carbocycles. The Morgan fingerprint density at radius 1 is 1.07 bits per heavy atom. The highest BCUT2D eigenvalue weighted by molar-refractivity contribution is 5.81. The summed E-state index contributed by atoms with van der Waals surface area (Å²) in [7, 11) is 0. The number of rotatable bonds is 6. The number of aromatic nitrogens is 1. The Hall–Kier alpha value is -2.40. The highest BCUT2D eigenvalue weighted by Crippen LogP contribution is 2.24. The molecule has 2 heterocycles. The van der Waals surface area contributed by atoms with Crippen molar-refractivity contribution >= 4 is 5.91 Å². The summed E-state index contributed by atoms with van der Waals surface area (Å²) in [6.07, 6.45) is 2.30. The quantitative estimate of drug-likeness (QED) is 0.751. The van der Waals surface area contributed by atoms with Crippen LogP contribution >= 0.6 is 0 Å². The van der Waals surface area contributed by atoms with E-state index in [2.05, 4.69) is 48.9 Å². The number of pyridine rings is 1. The molecule has 1 saturated heterocycles. The van der Waals surface area contributed by atoms with E-state index in [1.165, 1.54) is 5.56 Å². The van der Waals surface area contributed by atoms with Crippen LogP contribution in [0.25, 0.3) is 0 Å². The Bertz CT molecular complexity index is 776. The number of amides is 1. The van der Waals surface area contributed by atoms with Gasteiger partial charge in [-0.25, -0.2) is 0 Å². The molecule has 5 nitrogen and oxygen atoms in total. The summed E-state index contributed by atoms with van der Waals surface area (Å²) in [6, 6.07) is 14.1. The second-order valence-corrected chi connectivity index (χ2v) is 8.77. The molecule has 1 atom stereocenters. The van der Waals surface area contributed by atoms with Gasteiger partial charge < -0.3 is 9.64 Å². The highest BCUT2D eigenvalue weighted by atomic mass is 16.5. The standard InChI is InChI=1S/C24H33N3O2/c1-19(29-22-10-8-20(9-11-22)24(2,3)4)23(28)27-17-15-26(16-18-27)14-12-21-7-5-6-13-25-21/h5-11,13,19H,12,14-18H2,1-4H3/t19-/m0/s1. The van der Waals surface area contributed by atoms with Crippen LogP contribution < -0.4 is 4.74 Å². The summed E-state index contributed by atoms with van der Waals surface area (Å²) in [5.74, 6) is 0.808. The van der Waals surface area contributed by atoms with E-state index in [0.29, 0.717) is 0 Å². The van der Waals surface area contributed by atoms with Crippen LogP contribution in [-0.2, 0) is 16.6 Å². The number of benzene rings is 1. The third-order valence-electron chi connectivity index (χ3n) is 5.48. The fraction of sp³-hybridized carbons (Fsp3) is 0.500. The van der Waals surface area contributed by atoms with Crippen molar-refractivity contribution in [1.29, 1.82) is 0 Å². The minimum absolute atomic E-state index is 0.0641. The fourth-order valence-corrected chi connectivity index (χ4v) is 3.56. The molecule has 1 aromatic heterocycles. The first-order valence-corrected chi connectivity index (χ1v) is 10.5. The molecule has 3 rings (SSSR count). The van der Waals surface area contributed by atoms with Crippen molar-refractivity contribution < 1.29 is 9.53 Å². The van der Waals surface area contributed by atoms with E-state index >= 15 is 0 Å². The molecule has 0 unspecified atom stereocenters. The lowest BCUT2D eigenvalue weighted by molar-refractivity contribution is -0.139. The minimum atomic E-state index is -0.476. The summed E-state index contributed by atoms with van der Waals surface area (Å²) < 4.78 is 5.92. The number of ether oxygens (including phenoxy) is 1. The van der Waals surface area contributed by atoms with E-state index in [0.717, 1.165) is 50.6 Å². The first-order chi connectivity index (χ1) is 13.8. The van der Waals surface area contributed by atoms with E-state index < -0.39 is 6.10 Å². The van der Waals surface area contributed by atoms with Crippen molar-refractivity contribution in [2.45, 2.75) is 45.6 Å². The van der Waals surface area contributed by atoms with Gasteiger partial charge in [-0.05, 0) is 42.2 Å². The minimum Gasteiger partial charge on any atom is -0.481 e. The van der Waals surface area contributed by atoms with Gasteiger partial charge in [0, 0.05) is 51.0 Å². The Balaban J connectivity index is 1.45. The predicted octanol–water partition coefficient (Wildman–Crippen LogP) is 3.53. The van der Waals surface area contributed by atoms with Crippen LogP contribution in [0.5, 0.6) is 5.75 Å². The summed E-state index contributed by atoms with van der Waals surface area (Å²) in [4.78, 5) is 21.5. The largest absolute Gasteiger partial charge is 0.481 e. The predicted molar refractivity (Wildman–Crippen MR) is 116 cm³/mol. The summed E-state index contributed by atoms with van der Waals surface area (Å²) in [5, 5.41) is 0. The second kappa shape index (κ2) is 9.40. The van der Waals surface area contributed by atoms with Crippen LogP contribution in [0.4, 0.5) is 0 Å². The van der Waals surface area contributed by atoms with Crippen LogP contribution in [0.3, 0.4) is 0 Å². The van der Waals surface area contributed by atoms with Gasteiger partial charge >= 0.3 is 0 Å². The monoisotopic (exact) mass is 395 g/mol. The third-order valence-corrected chi connectivity index (χ3v) is 5.48. The first-order valence-electron chi connectivity index (χ1n) is 10.5. The molecule has 156 valence electrons. The molecular weight excluding hydrogens is 362 g/mol. The number of piperazine rings is 1. The Morgan fingerprint density at radius 2 is 1.76 bits per heavy atom. The lowest BCUT2D eigenvalue weighted by Gasteiger charge is -2.35. The van der Waals surface area contributed by atoms with E-state index in [9.17, 15) is 4.79 Å². The number of nitrogens with zero attached hydrogens (tertiary/aromatic N) is 3. The van der Waals surface area contributed by atoms with Crippen LogP contribution in [0, 0.1) is 0 Å². The van der Waals surface area contributed by atoms with Crippen LogP contribution in [0.1, 0.15) is 39.0 Å². The average Bonchev–Trinajstić information content (AvgIpc) is 2.72. The van der Waals surface area contributed by atoms with Gasteiger partial charge in [-0.2, -0.15) is 0 Å². The first kappa shape index (κ1) is 21.3. The van der Waals surface area contributed by atoms with Crippen LogP contribution in [0.2, 0.25) is 0 Å². The lowest BCUT2D eigenvalue weighted by Crippen LogP contribution is -2.52. The Morgan fingerprint density at radius 3 is 2.34 bits per heavy atom. The number of hydrogen-bond acceptors (Lipinski definition) is 4. The maximum absolute atomic E-state index is 12.8. The van der Waals surface area contributed by atoms with Gasteiger partial charge in [-0.3, -0.25) is 14.7 Å². The molecular formula is C24H33N3O2. The van der Waals surface area contributed by atoms with Gasteiger partial charge in [0.2, 0.25) is 0 Å². The van der Waals surface area contributed by atoms with Crippen molar-refractivity contribution in [2.24, 2.45) is 0 Å².